The van der Waals surface area contributed by atoms with Crippen LogP contribution >= 0.6 is 0 Å². The van der Waals surface area contributed by atoms with Crippen molar-refractivity contribution in [2.24, 2.45) is 0 Å². The normalized spacial score (nSPS) is 18.9. The van der Waals surface area contributed by atoms with Crippen LogP contribution in [0, 0.1) is 10.1 Å². The maximum Gasteiger partial charge on any atom is 0.269 e. The fraction of sp³-hybridized carbons (Fsp3) is 0.385. The van der Waals surface area contributed by atoms with Gasteiger partial charge < -0.3 is 5.32 Å². The zero-order valence-electron chi connectivity index (χ0n) is 10.9. The van der Waals surface area contributed by atoms with Crippen molar-refractivity contribution < 1.29 is 4.92 Å². The first-order valence-electron chi connectivity index (χ1n) is 6.62. The SMILES string of the molecule is O=[N+]([O-])c1ccc(-c2n[nH]c(C3CCCNC3)n2)cc1. The Morgan fingerprint density at radius 1 is 1.30 bits per heavy atom. The van der Waals surface area contributed by atoms with Crippen molar-refractivity contribution in [1.82, 2.24) is 20.5 Å². The Labute approximate surface area is 115 Å². The number of nitrogens with zero attached hydrogens (tertiary/aromatic N) is 3. The van der Waals surface area contributed by atoms with Crippen molar-refractivity contribution in [3.05, 3.63) is 40.2 Å². The fourth-order valence-electron chi connectivity index (χ4n) is 2.40. The van der Waals surface area contributed by atoms with Crippen LogP contribution in [0.1, 0.15) is 24.6 Å². The van der Waals surface area contributed by atoms with Gasteiger partial charge in [0.1, 0.15) is 5.82 Å². The Hall–Kier alpha value is -2.28. The van der Waals surface area contributed by atoms with E-state index >= 15 is 0 Å². The molecule has 0 radical (unpaired) electrons. The average Bonchev–Trinajstić information content (AvgIpc) is 2.98. The third kappa shape index (κ3) is 2.53. The van der Waals surface area contributed by atoms with Crippen molar-refractivity contribution in [1.29, 1.82) is 0 Å². The van der Waals surface area contributed by atoms with Gasteiger partial charge in [-0.15, -0.1) is 0 Å². The van der Waals surface area contributed by atoms with Crippen molar-refractivity contribution >= 4 is 5.69 Å². The largest absolute Gasteiger partial charge is 0.316 e. The molecular weight excluding hydrogens is 258 g/mol. The zero-order chi connectivity index (χ0) is 13.9. The molecule has 1 unspecified atom stereocenters. The molecule has 1 aromatic carbocycles. The van der Waals surface area contributed by atoms with Crippen LogP contribution in [0.2, 0.25) is 0 Å². The van der Waals surface area contributed by atoms with Gasteiger partial charge in [0.05, 0.1) is 4.92 Å². The van der Waals surface area contributed by atoms with Crippen LogP contribution in [-0.4, -0.2) is 33.2 Å². The van der Waals surface area contributed by atoms with E-state index in [9.17, 15) is 10.1 Å². The number of piperidine rings is 1. The number of benzene rings is 1. The number of nitrogens with one attached hydrogen (secondary N) is 2. The van der Waals surface area contributed by atoms with Crippen LogP contribution in [0.15, 0.2) is 24.3 Å². The summed E-state index contributed by atoms with van der Waals surface area (Å²) in [6.45, 7) is 1.97. The van der Waals surface area contributed by atoms with Gasteiger partial charge in [0.25, 0.3) is 5.69 Å². The monoisotopic (exact) mass is 273 g/mol. The van der Waals surface area contributed by atoms with E-state index in [2.05, 4.69) is 20.5 Å². The number of nitro groups is 1. The minimum absolute atomic E-state index is 0.0704. The standard InChI is InChI=1S/C13H15N5O2/c19-18(20)11-5-3-9(4-6-11)12-15-13(17-16-12)10-2-1-7-14-8-10/h3-6,10,14H,1-2,7-8H2,(H,15,16,17). The van der Waals surface area contributed by atoms with Crippen molar-refractivity contribution in [2.75, 3.05) is 13.1 Å². The number of hydrogen-bond donors (Lipinski definition) is 2. The number of non-ortho nitro benzene ring substituents is 1. The molecule has 0 saturated carbocycles. The molecule has 20 heavy (non-hydrogen) atoms. The van der Waals surface area contributed by atoms with Crippen LogP contribution in [-0.2, 0) is 0 Å². The number of hydrogen-bond acceptors (Lipinski definition) is 5. The van der Waals surface area contributed by atoms with E-state index in [4.69, 9.17) is 0 Å². The highest BCUT2D eigenvalue weighted by molar-refractivity contribution is 5.56. The molecule has 2 heterocycles. The number of nitro benzene ring substituents is 1. The van der Waals surface area contributed by atoms with E-state index < -0.39 is 4.92 Å². The molecule has 0 amide bonds. The van der Waals surface area contributed by atoms with Gasteiger partial charge >= 0.3 is 0 Å². The highest BCUT2D eigenvalue weighted by Crippen LogP contribution is 2.23. The smallest absolute Gasteiger partial charge is 0.269 e. The minimum atomic E-state index is -0.416. The maximum absolute atomic E-state index is 10.6. The Morgan fingerprint density at radius 2 is 2.10 bits per heavy atom. The molecule has 0 bridgehead atoms. The molecule has 3 rings (SSSR count). The van der Waals surface area contributed by atoms with Gasteiger partial charge in [0.15, 0.2) is 5.82 Å². The van der Waals surface area contributed by atoms with E-state index in [0.29, 0.717) is 11.7 Å². The maximum atomic E-state index is 10.6. The summed E-state index contributed by atoms with van der Waals surface area (Å²) in [5.74, 6) is 1.83. The summed E-state index contributed by atoms with van der Waals surface area (Å²) in [6.07, 6.45) is 2.24. The lowest BCUT2D eigenvalue weighted by Crippen LogP contribution is -2.28. The van der Waals surface area contributed by atoms with Crippen LogP contribution in [0.3, 0.4) is 0 Å². The molecule has 1 saturated heterocycles. The first kappa shape index (κ1) is 12.7. The summed E-state index contributed by atoms with van der Waals surface area (Å²) in [5, 5.41) is 21.1. The number of rotatable bonds is 3. The van der Waals surface area contributed by atoms with Gasteiger partial charge in [0, 0.05) is 30.2 Å². The molecule has 7 nitrogen and oxygen atoms in total. The second kappa shape index (κ2) is 5.38. The predicted molar refractivity (Wildman–Crippen MR) is 73.3 cm³/mol. The topological polar surface area (TPSA) is 96.7 Å². The Balaban J connectivity index is 1.80. The van der Waals surface area contributed by atoms with E-state index in [1.807, 2.05) is 0 Å². The first-order valence-corrected chi connectivity index (χ1v) is 6.62. The molecule has 1 aliphatic heterocycles. The van der Waals surface area contributed by atoms with E-state index in [1.54, 1.807) is 12.1 Å². The lowest BCUT2D eigenvalue weighted by molar-refractivity contribution is -0.384. The molecule has 0 aliphatic carbocycles. The number of aromatic nitrogens is 3. The van der Waals surface area contributed by atoms with Gasteiger partial charge in [0.2, 0.25) is 0 Å². The number of aromatic amines is 1. The fourth-order valence-corrected chi connectivity index (χ4v) is 2.40. The minimum Gasteiger partial charge on any atom is -0.316 e. The molecule has 7 heteroatoms. The van der Waals surface area contributed by atoms with E-state index in [1.165, 1.54) is 12.1 Å². The summed E-state index contributed by atoms with van der Waals surface area (Å²) in [7, 11) is 0. The van der Waals surface area contributed by atoms with Gasteiger partial charge in [-0.05, 0) is 31.5 Å². The number of H-pyrrole nitrogens is 1. The van der Waals surface area contributed by atoms with Crippen LogP contribution in [0.5, 0.6) is 0 Å². The molecule has 0 spiro atoms. The zero-order valence-corrected chi connectivity index (χ0v) is 10.9. The molecule has 104 valence electrons. The van der Waals surface area contributed by atoms with Gasteiger partial charge in [-0.25, -0.2) is 4.98 Å². The molecular formula is C13H15N5O2. The Kier molecular flexibility index (Phi) is 3.42. The molecule has 1 fully saturated rings. The van der Waals surface area contributed by atoms with Crippen LogP contribution in [0.4, 0.5) is 5.69 Å². The van der Waals surface area contributed by atoms with Gasteiger partial charge in [-0.2, -0.15) is 5.10 Å². The first-order chi connectivity index (χ1) is 9.74. The van der Waals surface area contributed by atoms with E-state index in [-0.39, 0.29) is 5.69 Å². The molecule has 2 N–H and O–H groups in total. The molecule has 2 aromatic rings. The van der Waals surface area contributed by atoms with Crippen molar-refractivity contribution in [3.8, 4) is 11.4 Å². The third-order valence-corrected chi connectivity index (χ3v) is 3.52. The summed E-state index contributed by atoms with van der Waals surface area (Å²) in [4.78, 5) is 14.7. The predicted octanol–water partition coefficient (Wildman–Crippen LogP) is 1.85. The lowest BCUT2D eigenvalue weighted by atomic mass is 9.99. The summed E-state index contributed by atoms with van der Waals surface area (Å²) < 4.78 is 0. The van der Waals surface area contributed by atoms with Crippen LogP contribution in [0.25, 0.3) is 11.4 Å². The summed E-state index contributed by atoms with van der Waals surface area (Å²) in [5.41, 5.74) is 0.850. The van der Waals surface area contributed by atoms with Crippen molar-refractivity contribution in [2.45, 2.75) is 18.8 Å². The molecule has 1 aliphatic rings. The van der Waals surface area contributed by atoms with E-state index in [0.717, 1.165) is 37.3 Å². The second-order valence-corrected chi connectivity index (χ2v) is 4.89. The van der Waals surface area contributed by atoms with Gasteiger partial charge in [-0.1, -0.05) is 0 Å². The third-order valence-electron chi connectivity index (χ3n) is 3.52. The summed E-state index contributed by atoms with van der Waals surface area (Å²) >= 11 is 0. The molecule has 1 aromatic heterocycles. The quantitative estimate of drug-likeness (QED) is 0.657. The van der Waals surface area contributed by atoms with Gasteiger partial charge in [-0.3, -0.25) is 15.2 Å². The summed E-state index contributed by atoms with van der Waals surface area (Å²) in [6, 6.07) is 6.27. The average molecular weight is 273 g/mol. The Bertz CT molecular complexity index is 601. The molecule has 1 atom stereocenters. The van der Waals surface area contributed by atoms with Crippen molar-refractivity contribution in [3.63, 3.8) is 0 Å². The second-order valence-electron chi connectivity index (χ2n) is 4.89. The van der Waals surface area contributed by atoms with Crippen LogP contribution < -0.4 is 5.32 Å². The highest BCUT2D eigenvalue weighted by Gasteiger charge is 2.19. The Morgan fingerprint density at radius 3 is 2.75 bits per heavy atom. The highest BCUT2D eigenvalue weighted by atomic mass is 16.6. The lowest BCUT2D eigenvalue weighted by Gasteiger charge is -2.20.